The van der Waals surface area contributed by atoms with E-state index in [1.165, 1.54) is 0 Å². The quantitative estimate of drug-likeness (QED) is 0.582. The SMILES string of the molecule is CCCOC(=O)c1ccc(I)c(OCCC)c1. The van der Waals surface area contributed by atoms with Crippen LogP contribution in [-0.2, 0) is 4.74 Å². The molecule has 0 unspecified atom stereocenters. The fraction of sp³-hybridized carbons (Fsp3) is 0.462. The van der Waals surface area contributed by atoms with Crippen LogP contribution >= 0.6 is 22.6 Å². The van der Waals surface area contributed by atoms with Crippen molar-refractivity contribution in [3.05, 3.63) is 27.3 Å². The summed E-state index contributed by atoms with van der Waals surface area (Å²) >= 11 is 2.19. The first kappa shape index (κ1) is 14.3. The molecular formula is C13H17IO3. The van der Waals surface area contributed by atoms with E-state index in [0.29, 0.717) is 18.8 Å². The van der Waals surface area contributed by atoms with Gasteiger partial charge >= 0.3 is 5.97 Å². The highest BCUT2D eigenvalue weighted by molar-refractivity contribution is 14.1. The zero-order valence-electron chi connectivity index (χ0n) is 10.2. The molecule has 0 saturated carbocycles. The van der Waals surface area contributed by atoms with Crippen molar-refractivity contribution in [3.8, 4) is 5.75 Å². The molecule has 1 rings (SSSR count). The maximum Gasteiger partial charge on any atom is 0.338 e. The zero-order chi connectivity index (χ0) is 12.7. The second-order valence-corrected chi connectivity index (χ2v) is 4.79. The smallest absolute Gasteiger partial charge is 0.338 e. The van der Waals surface area contributed by atoms with Gasteiger partial charge < -0.3 is 9.47 Å². The van der Waals surface area contributed by atoms with Gasteiger partial charge in [0, 0.05) is 0 Å². The summed E-state index contributed by atoms with van der Waals surface area (Å²) < 4.78 is 11.6. The van der Waals surface area contributed by atoms with E-state index in [9.17, 15) is 4.79 Å². The molecule has 4 heteroatoms. The molecule has 0 aliphatic rings. The van der Waals surface area contributed by atoms with Crippen LogP contribution in [0.5, 0.6) is 5.75 Å². The third kappa shape index (κ3) is 4.53. The van der Waals surface area contributed by atoms with Crippen molar-refractivity contribution in [2.45, 2.75) is 26.7 Å². The molecule has 94 valence electrons. The van der Waals surface area contributed by atoms with Crippen LogP contribution in [0.1, 0.15) is 37.0 Å². The molecular weight excluding hydrogens is 331 g/mol. The molecule has 0 radical (unpaired) electrons. The number of esters is 1. The lowest BCUT2D eigenvalue weighted by Crippen LogP contribution is -2.07. The Balaban J connectivity index is 2.76. The summed E-state index contributed by atoms with van der Waals surface area (Å²) in [5.41, 5.74) is 0.546. The third-order valence-electron chi connectivity index (χ3n) is 2.07. The number of rotatable bonds is 6. The van der Waals surface area contributed by atoms with Crippen molar-refractivity contribution in [1.82, 2.24) is 0 Å². The van der Waals surface area contributed by atoms with Crippen molar-refractivity contribution in [1.29, 1.82) is 0 Å². The number of hydrogen-bond acceptors (Lipinski definition) is 3. The predicted octanol–water partition coefficient (Wildman–Crippen LogP) is 3.65. The van der Waals surface area contributed by atoms with Gasteiger partial charge in [-0.2, -0.15) is 0 Å². The first-order chi connectivity index (χ1) is 8.19. The van der Waals surface area contributed by atoms with E-state index in [4.69, 9.17) is 9.47 Å². The van der Waals surface area contributed by atoms with E-state index in [0.717, 1.165) is 22.2 Å². The topological polar surface area (TPSA) is 35.5 Å². The Labute approximate surface area is 116 Å². The highest BCUT2D eigenvalue weighted by Gasteiger charge is 2.10. The Bertz CT molecular complexity index is 377. The standard InChI is InChI=1S/C13H17IO3/c1-3-7-16-12-9-10(5-6-11(12)14)13(15)17-8-4-2/h5-6,9H,3-4,7-8H2,1-2H3. The molecule has 17 heavy (non-hydrogen) atoms. The second-order valence-electron chi connectivity index (χ2n) is 3.63. The van der Waals surface area contributed by atoms with E-state index in [1.54, 1.807) is 12.1 Å². The molecule has 1 aromatic carbocycles. The zero-order valence-corrected chi connectivity index (χ0v) is 12.3. The largest absolute Gasteiger partial charge is 0.492 e. The maximum absolute atomic E-state index is 11.7. The van der Waals surface area contributed by atoms with Crippen LogP contribution in [0, 0.1) is 3.57 Å². The summed E-state index contributed by atoms with van der Waals surface area (Å²) in [6.45, 7) is 5.13. The monoisotopic (exact) mass is 348 g/mol. The Kier molecular flexibility index (Phi) is 6.32. The van der Waals surface area contributed by atoms with Crippen molar-refractivity contribution in [2.75, 3.05) is 13.2 Å². The molecule has 0 heterocycles. The van der Waals surface area contributed by atoms with Crippen LogP contribution in [0.3, 0.4) is 0 Å². The fourth-order valence-electron chi connectivity index (χ4n) is 1.23. The van der Waals surface area contributed by atoms with Gasteiger partial charge in [0.1, 0.15) is 5.75 Å². The Hall–Kier alpha value is -0.780. The molecule has 3 nitrogen and oxygen atoms in total. The third-order valence-corrected chi connectivity index (χ3v) is 2.96. The van der Waals surface area contributed by atoms with Gasteiger partial charge in [0.2, 0.25) is 0 Å². The lowest BCUT2D eigenvalue weighted by Gasteiger charge is -2.09. The number of hydrogen-bond donors (Lipinski definition) is 0. The molecule has 0 atom stereocenters. The van der Waals surface area contributed by atoms with Crippen LogP contribution in [0.2, 0.25) is 0 Å². The van der Waals surface area contributed by atoms with Crippen LogP contribution in [0.25, 0.3) is 0 Å². The second kappa shape index (κ2) is 7.53. The van der Waals surface area contributed by atoms with E-state index >= 15 is 0 Å². The minimum absolute atomic E-state index is 0.287. The van der Waals surface area contributed by atoms with E-state index in [1.807, 2.05) is 19.9 Å². The average Bonchev–Trinajstić information content (AvgIpc) is 2.35. The van der Waals surface area contributed by atoms with Gasteiger partial charge in [0.15, 0.2) is 0 Å². The molecule has 0 bridgehead atoms. The van der Waals surface area contributed by atoms with E-state index in [2.05, 4.69) is 22.6 Å². The Morgan fingerprint density at radius 3 is 2.59 bits per heavy atom. The summed E-state index contributed by atoms with van der Waals surface area (Å²) in [7, 11) is 0. The van der Waals surface area contributed by atoms with Gasteiger partial charge in [-0.1, -0.05) is 13.8 Å². The van der Waals surface area contributed by atoms with E-state index < -0.39 is 0 Å². The highest BCUT2D eigenvalue weighted by atomic mass is 127. The first-order valence-electron chi connectivity index (χ1n) is 5.78. The molecule has 0 aromatic heterocycles. The van der Waals surface area contributed by atoms with Crippen molar-refractivity contribution in [3.63, 3.8) is 0 Å². The van der Waals surface area contributed by atoms with Gasteiger partial charge in [0.25, 0.3) is 0 Å². The molecule has 0 aliphatic heterocycles. The number of carbonyl (C=O) groups excluding carboxylic acids is 1. The maximum atomic E-state index is 11.7. The molecule has 0 aliphatic carbocycles. The minimum atomic E-state index is -0.287. The van der Waals surface area contributed by atoms with Gasteiger partial charge in [-0.25, -0.2) is 4.79 Å². The summed E-state index contributed by atoms with van der Waals surface area (Å²) in [5, 5.41) is 0. The average molecular weight is 348 g/mol. The lowest BCUT2D eigenvalue weighted by molar-refractivity contribution is 0.0504. The summed E-state index contributed by atoms with van der Waals surface area (Å²) in [6.07, 6.45) is 1.77. The molecule has 1 aromatic rings. The number of ether oxygens (including phenoxy) is 2. The number of carbonyl (C=O) groups is 1. The minimum Gasteiger partial charge on any atom is -0.492 e. The Morgan fingerprint density at radius 2 is 1.94 bits per heavy atom. The first-order valence-corrected chi connectivity index (χ1v) is 6.86. The fourth-order valence-corrected chi connectivity index (χ4v) is 1.72. The van der Waals surface area contributed by atoms with E-state index in [-0.39, 0.29) is 5.97 Å². The molecule has 0 amide bonds. The van der Waals surface area contributed by atoms with Gasteiger partial charge in [-0.3, -0.25) is 0 Å². The summed E-state index contributed by atoms with van der Waals surface area (Å²) in [5.74, 6) is 0.461. The van der Waals surface area contributed by atoms with Gasteiger partial charge in [-0.15, -0.1) is 0 Å². The normalized spacial score (nSPS) is 10.1. The molecule has 0 spiro atoms. The van der Waals surface area contributed by atoms with Crippen LogP contribution in [0.15, 0.2) is 18.2 Å². The van der Waals surface area contributed by atoms with Crippen molar-refractivity contribution >= 4 is 28.6 Å². The van der Waals surface area contributed by atoms with Gasteiger partial charge in [0.05, 0.1) is 22.3 Å². The molecule has 0 saturated heterocycles. The van der Waals surface area contributed by atoms with Crippen LogP contribution in [-0.4, -0.2) is 19.2 Å². The van der Waals surface area contributed by atoms with Crippen molar-refractivity contribution < 1.29 is 14.3 Å². The van der Waals surface area contributed by atoms with Crippen LogP contribution in [0.4, 0.5) is 0 Å². The van der Waals surface area contributed by atoms with Crippen LogP contribution < -0.4 is 4.74 Å². The Morgan fingerprint density at radius 1 is 1.24 bits per heavy atom. The number of benzene rings is 1. The highest BCUT2D eigenvalue weighted by Crippen LogP contribution is 2.23. The summed E-state index contributed by atoms with van der Waals surface area (Å²) in [6, 6.07) is 5.38. The summed E-state index contributed by atoms with van der Waals surface area (Å²) in [4.78, 5) is 11.7. The van der Waals surface area contributed by atoms with Crippen molar-refractivity contribution in [2.24, 2.45) is 0 Å². The molecule has 0 N–H and O–H groups in total. The number of halogens is 1. The predicted molar refractivity (Wildman–Crippen MR) is 75.5 cm³/mol. The van der Waals surface area contributed by atoms with Gasteiger partial charge in [-0.05, 0) is 53.6 Å². The lowest BCUT2D eigenvalue weighted by atomic mass is 10.2. The molecule has 0 fully saturated rings.